The zero-order valence-corrected chi connectivity index (χ0v) is 18.0. The van der Waals surface area contributed by atoms with Crippen LogP contribution >= 0.6 is 0 Å². The molecule has 166 valence electrons. The summed E-state index contributed by atoms with van der Waals surface area (Å²) in [6.07, 6.45) is 4.14. The van der Waals surface area contributed by atoms with Crippen molar-refractivity contribution in [2.45, 2.75) is 44.9 Å². The van der Waals surface area contributed by atoms with Crippen molar-refractivity contribution in [3.63, 3.8) is 0 Å². The second kappa shape index (κ2) is 8.85. The van der Waals surface area contributed by atoms with Crippen LogP contribution in [0.3, 0.4) is 0 Å². The lowest BCUT2D eigenvalue weighted by Crippen LogP contribution is -2.55. The quantitative estimate of drug-likeness (QED) is 0.489. The molecule has 1 atom stereocenters. The van der Waals surface area contributed by atoms with Gasteiger partial charge in [0.05, 0.1) is 5.56 Å². The number of ether oxygens (including phenoxy) is 2. The van der Waals surface area contributed by atoms with Gasteiger partial charge in [0.1, 0.15) is 17.6 Å². The fraction of sp³-hybridized carbons (Fsp3) is 0.458. The Bertz CT molecular complexity index is 953. The van der Waals surface area contributed by atoms with E-state index in [4.69, 9.17) is 14.9 Å². The fourth-order valence-electron chi connectivity index (χ4n) is 4.01. The monoisotopic (exact) mass is 427 g/mol. The molecule has 2 aromatic rings. The second-order valence-corrected chi connectivity index (χ2v) is 8.81. The van der Waals surface area contributed by atoms with Crippen molar-refractivity contribution in [3.8, 4) is 22.6 Å². The summed E-state index contributed by atoms with van der Waals surface area (Å²) in [5, 5.41) is 24.3. The van der Waals surface area contributed by atoms with Crippen LogP contribution in [0.2, 0.25) is 0 Å². The summed E-state index contributed by atoms with van der Waals surface area (Å²) >= 11 is 0. The molecule has 2 heterocycles. The molecule has 0 spiro atoms. The number of nitrogens with one attached hydrogen (secondary N) is 3. The maximum Gasteiger partial charge on any atom is 0.165 e. The Hall–Kier alpha value is -2.64. The molecule has 0 bridgehead atoms. The van der Waals surface area contributed by atoms with Gasteiger partial charge >= 0.3 is 0 Å². The van der Waals surface area contributed by atoms with Gasteiger partial charge in [-0.15, -0.1) is 0 Å². The first-order valence-corrected chi connectivity index (χ1v) is 10.8. The number of rotatable bonds is 7. The lowest BCUT2D eigenvalue weighted by molar-refractivity contribution is 0.0179. The average molecular weight is 428 g/mol. The second-order valence-electron chi connectivity index (χ2n) is 8.81. The van der Waals surface area contributed by atoms with Gasteiger partial charge in [0.25, 0.3) is 0 Å². The third kappa shape index (κ3) is 4.67. The Morgan fingerprint density at radius 3 is 2.65 bits per heavy atom. The molecular weight excluding hydrogens is 397 g/mol. The number of phenols is 1. The van der Waals surface area contributed by atoms with Crippen molar-refractivity contribution < 1.29 is 19.0 Å². The maximum absolute atomic E-state index is 14.1. The smallest absolute Gasteiger partial charge is 0.165 e. The van der Waals surface area contributed by atoms with Crippen LogP contribution in [0.15, 0.2) is 30.3 Å². The summed E-state index contributed by atoms with van der Waals surface area (Å²) in [5.74, 6) is -0.138. The number of benzene rings is 2. The standard InChI is InChI=1S/C24H30FN3O3/c1-24(2,17-13-27-14-17)31-22-11-16(15-6-7-21(29)19(25)9-15)10-20(18(22)12-26)28-23-5-3-4-8-30-23/h6-7,9-12,17,23,26-29H,3-5,8,13-14H2,1-2H3. The van der Waals surface area contributed by atoms with E-state index in [9.17, 15) is 9.50 Å². The summed E-state index contributed by atoms with van der Waals surface area (Å²) < 4.78 is 26.4. The molecule has 2 saturated heterocycles. The van der Waals surface area contributed by atoms with Crippen molar-refractivity contribution >= 4 is 11.9 Å². The number of hydrogen-bond acceptors (Lipinski definition) is 6. The topological polar surface area (TPSA) is 86.6 Å². The molecule has 0 aromatic heterocycles. The number of phenolic OH excluding ortho intramolecular Hbond substituents is 1. The lowest BCUT2D eigenvalue weighted by Gasteiger charge is -2.41. The molecule has 0 amide bonds. The van der Waals surface area contributed by atoms with Crippen LogP contribution in [0.25, 0.3) is 11.1 Å². The molecule has 4 N–H and O–H groups in total. The minimum absolute atomic E-state index is 0.143. The molecule has 0 saturated carbocycles. The summed E-state index contributed by atoms with van der Waals surface area (Å²) in [6, 6.07) is 8.04. The van der Waals surface area contributed by atoms with E-state index in [1.54, 1.807) is 6.07 Å². The predicted molar refractivity (Wildman–Crippen MR) is 120 cm³/mol. The third-order valence-corrected chi connectivity index (χ3v) is 6.20. The highest BCUT2D eigenvalue weighted by atomic mass is 19.1. The molecule has 2 aliphatic heterocycles. The molecule has 7 heteroatoms. The minimum Gasteiger partial charge on any atom is -0.505 e. The first kappa shape index (κ1) is 21.6. The van der Waals surface area contributed by atoms with Crippen molar-refractivity contribution in [2.75, 3.05) is 25.0 Å². The zero-order chi connectivity index (χ0) is 22.0. The van der Waals surface area contributed by atoms with Crippen molar-refractivity contribution in [2.24, 2.45) is 5.92 Å². The highest BCUT2D eigenvalue weighted by molar-refractivity contribution is 5.92. The van der Waals surface area contributed by atoms with Gasteiger partial charge in [-0.05, 0) is 68.5 Å². The summed E-state index contributed by atoms with van der Waals surface area (Å²) in [4.78, 5) is 0. The summed E-state index contributed by atoms with van der Waals surface area (Å²) in [5.41, 5.74) is 2.27. The minimum atomic E-state index is -0.679. The first-order chi connectivity index (χ1) is 14.9. The SMILES string of the molecule is CC(C)(Oc1cc(-c2ccc(O)c(F)c2)cc(NC2CCCCO2)c1C=N)C1CNC1. The Kier molecular flexibility index (Phi) is 6.16. The van der Waals surface area contributed by atoms with E-state index in [0.717, 1.165) is 37.9 Å². The largest absolute Gasteiger partial charge is 0.505 e. The molecule has 2 aliphatic rings. The van der Waals surface area contributed by atoms with Crippen molar-refractivity contribution in [1.29, 1.82) is 5.41 Å². The molecule has 4 rings (SSSR count). The number of anilines is 1. The van der Waals surface area contributed by atoms with Crippen LogP contribution in [-0.4, -0.2) is 42.8 Å². The lowest BCUT2D eigenvalue weighted by atomic mass is 9.86. The average Bonchev–Trinajstić information content (AvgIpc) is 2.68. The van der Waals surface area contributed by atoms with Crippen molar-refractivity contribution in [1.82, 2.24) is 5.32 Å². The van der Waals surface area contributed by atoms with Crippen molar-refractivity contribution in [3.05, 3.63) is 41.7 Å². The van der Waals surface area contributed by atoms with Gasteiger partial charge in [-0.2, -0.15) is 0 Å². The highest BCUT2D eigenvalue weighted by Crippen LogP contribution is 2.38. The van der Waals surface area contributed by atoms with E-state index in [2.05, 4.69) is 24.5 Å². The van der Waals surface area contributed by atoms with E-state index in [1.807, 2.05) is 12.1 Å². The van der Waals surface area contributed by atoms with E-state index < -0.39 is 11.4 Å². The van der Waals surface area contributed by atoms with Crippen LogP contribution in [0, 0.1) is 17.1 Å². The van der Waals surface area contributed by atoms with E-state index in [1.165, 1.54) is 18.3 Å². The third-order valence-electron chi connectivity index (χ3n) is 6.20. The highest BCUT2D eigenvalue weighted by Gasteiger charge is 2.36. The van der Waals surface area contributed by atoms with Crippen LogP contribution in [0.4, 0.5) is 10.1 Å². The summed E-state index contributed by atoms with van der Waals surface area (Å²) in [7, 11) is 0. The molecule has 31 heavy (non-hydrogen) atoms. The van der Waals surface area contributed by atoms with Crippen LogP contribution in [-0.2, 0) is 4.74 Å². The molecule has 2 aromatic carbocycles. The van der Waals surface area contributed by atoms with E-state index in [0.29, 0.717) is 35.1 Å². The molecule has 2 fully saturated rings. The Balaban J connectivity index is 1.75. The molecule has 0 radical (unpaired) electrons. The molecule has 0 aliphatic carbocycles. The van der Waals surface area contributed by atoms with E-state index in [-0.39, 0.29) is 12.0 Å². The van der Waals surface area contributed by atoms with Gasteiger partial charge < -0.3 is 30.6 Å². The fourth-order valence-corrected chi connectivity index (χ4v) is 4.01. The van der Waals surface area contributed by atoms with Gasteiger partial charge in [-0.1, -0.05) is 6.07 Å². The maximum atomic E-state index is 14.1. The zero-order valence-electron chi connectivity index (χ0n) is 18.0. The van der Waals surface area contributed by atoms with Crippen LogP contribution < -0.4 is 15.4 Å². The number of hydrogen-bond donors (Lipinski definition) is 4. The number of halogens is 1. The Morgan fingerprint density at radius 1 is 1.23 bits per heavy atom. The number of aromatic hydroxyl groups is 1. The summed E-state index contributed by atoms with van der Waals surface area (Å²) in [6.45, 7) is 6.58. The molecular formula is C24H30FN3O3. The molecule has 6 nitrogen and oxygen atoms in total. The molecule has 1 unspecified atom stereocenters. The van der Waals surface area contributed by atoms with E-state index >= 15 is 0 Å². The van der Waals surface area contributed by atoms with Gasteiger partial charge in [0.15, 0.2) is 11.6 Å². The Morgan fingerprint density at radius 2 is 2.03 bits per heavy atom. The Labute approximate surface area is 182 Å². The van der Waals surface area contributed by atoms with Crippen LogP contribution in [0.1, 0.15) is 38.7 Å². The van der Waals surface area contributed by atoms with Gasteiger partial charge in [-0.3, -0.25) is 0 Å². The van der Waals surface area contributed by atoms with Gasteiger partial charge in [0, 0.05) is 37.5 Å². The van der Waals surface area contributed by atoms with Crippen LogP contribution in [0.5, 0.6) is 11.5 Å². The predicted octanol–water partition coefficient (Wildman–Crippen LogP) is 4.51. The van der Waals surface area contributed by atoms with Gasteiger partial charge in [-0.25, -0.2) is 4.39 Å². The van der Waals surface area contributed by atoms with Gasteiger partial charge in [0.2, 0.25) is 0 Å². The normalized spacial score (nSPS) is 19.5. The first-order valence-electron chi connectivity index (χ1n) is 10.8.